The number of aromatic nitrogens is 2. The highest BCUT2D eigenvalue weighted by Crippen LogP contribution is 2.47. The quantitative estimate of drug-likeness (QED) is 0.799. The van der Waals surface area contributed by atoms with E-state index in [1.54, 1.807) is 12.4 Å². The number of piperidine rings is 1. The summed E-state index contributed by atoms with van der Waals surface area (Å²) in [6, 6.07) is 7.87. The number of aromatic amines is 1. The molecule has 0 unspecified atom stereocenters. The van der Waals surface area contributed by atoms with E-state index < -0.39 is 0 Å². The van der Waals surface area contributed by atoms with Crippen molar-refractivity contribution in [2.24, 2.45) is 5.41 Å². The number of allylic oxidation sites excluding steroid dienone is 1. The van der Waals surface area contributed by atoms with E-state index in [0.29, 0.717) is 25.1 Å². The lowest BCUT2D eigenvalue weighted by atomic mass is 9.67. The molecule has 0 radical (unpaired) electrons. The molecule has 162 valence electrons. The molecule has 1 saturated heterocycles. The number of hydrazine groups is 1. The summed E-state index contributed by atoms with van der Waals surface area (Å²) >= 11 is 0. The third kappa shape index (κ3) is 3.57. The van der Waals surface area contributed by atoms with Crippen LogP contribution in [0.1, 0.15) is 49.9 Å². The summed E-state index contributed by atoms with van der Waals surface area (Å²) in [5.41, 5.74) is 7.19. The Morgan fingerprint density at radius 3 is 2.52 bits per heavy atom. The Morgan fingerprint density at radius 2 is 1.87 bits per heavy atom. The zero-order valence-corrected chi connectivity index (χ0v) is 18.1. The number of hydrogen-bond acceptors (Lipinski definition) is 5. The second kappa shape index (κ2) is 7.64. The van der Waals surface area contributed by atoms with E-state index in [0.717, 1.165) is 42.9 Å². The molecule has 2 N–H and O–H groups in total. The number of Topliss-reactive ketones (excluding diaryl/α,β-unsaturated/α-hetero) is 1. The molecule has 1 spiro atoms. The Morgan fingerprint density at radius 1 is 1.13 bits per heavy atom. The standard InChI is InChI=1S/C24H29N5O2/c1-16(2)29-21-19(15-27-29)13-24(14-20(21)30)7-11-28(12-8-24)23(31)18-5-3-17(4-6-18)22-25-9-10-26-22/h3-6,9-10,16,27H,7-8,11-15H2,1-2H3,(H,25,26). The van der Waals surface area contributed by atoms with Gasteiger partial charge in [-0.2, -0.15) is 0 Å². The summed E-state index contributed by atoms with van der Waals surface area (Å²) in [6.45, 7) is 6.38. The number of nitrogens with zero attached hydrogens (tertiary/aromatic N) is 3. The number of H-pyrrole nitrogens is 1. The summed E-state index contributed by atoms with van der Waals surface area (Å²) in [7, 11) is 0. The van der Waals surface area contributed by atoms with Gasteiger partial charge in [0.25, 0.3) is 5.91 Å². The van der Waals surface area contributed by atoms with Gasteiger partial charge in [0.2, 0.25) is 0 Å². The van der Waals surface area contributed by atoms with Crippen LogP contribution in [-0.2, 0) is 4.79 Å². The Bertz CT molecular complexity index is 1010. The van der Waals surface area contributed by atoms with Crippen molar-refractivity contribution in [1.29, 1.82) is 0 Å². The summed E-state index contributed by atoms with van der Waals surface area (Å²) in [6.07, 6.45) is 6.82. The highest BCUT2D eigenvalue weighted by molar-refractivity contribution is 5.98. The minimum Gasteiger partial charge on any atom is -0.345 e. The maximum absolute atomic E-state index is 13.0. The third-order valence-electron chi connectivity index (χ3n) is 6.96. The molecule has 5 rings (SSSR count). The average Bonchev–Trinajstić information content (AvgIpc) is 3.44. The van der Waals surface area contributed by atoms with Gasteiger partial charge in [0.15, 0.2) is 5.78 Å². The van der Waals surface area contributed by atoms with Gasteiger partial charge < -0.3 is 14.9 Å². The van der Waals surface area contributed by atoms with Gasteiger partial charge in [-0.1, -0.05) is 12.1 Å². The maximum Gasteiger partial charge on any atom is 0.253 e. The van der Waals surface area contributed by atoms with Crippen molar-refractivity contribution >= 4 is 11.7 Å². The van der Waals surface area contributed by atoms with Crippen molar-refractivity contribution in [2.45, 2.75) is 45.6 Å². The predicted molar refractivity (Wildman–Crippen MR) is 118 cm³/mol. The molecule has 1 amide bonds. The summed E-state index contributed by atoms with van der Waals surface area (Å²) in [5.74, 6) is 1.12. The fraction of sp³-hybridized carbons (Fsp3) is 0.458. The Kier molecular flexibility index (Phi) is 4.93. The number of likely N-dealkylation sites (tertiary alicyclic amines) is 1. The molecule has 0 saturated carbocycles. The van der Waals surface area contributed by atoms with Gasteiger partial charge in [-0.3, -0.25) is 9.59 Å². The van der Waals surface area contributed by atoms with Gasteiger partial charge >= 0.3 is 0 Å². The van der Waals surface area contributed by atoms with Crippen molar-refractivity contribution in [1.82, 2.24) is 25.3 Å². The first-order valence-electron chi connectivity index (χ1n) is 11.1. The maximum atomic E-state index is 13.0. The molecular weight excluding hydrogens is 390 g/mol. The van der Waals surface area contributed by atoms with Crippen LogP contribution in [0.25, 0.3) is 11.4 Å². The van der Waals surface area contributed by atoms with E-state index in [2.05, 4.69) is 29.2 Å². The lowest BCUT2D eigenvalue weighted by Crippen LogP contribution is -2.46. The van der Waals surface area contributed by atoms with E-state index in [9.17, 15) is 9.59 Å². The van der Waals surface area contributed by atoms with Crippen molar-refractivity contribution in [3.05, 3.63) is 53.5 Å². The number of amides is 1. The van der Waals surface area contributed by atoms with Crippen molar-refractivity contribution in [3.8, 4) is 11.4 Å². The lowest BCUT2D eigenvalue weighted by molar-refractivity contribution is -0.121. The molecule has 1 aliphatic carbocycles. The first-order chi connectivity index (χ1) is 15.0. The summed E-state index contributed by atoms with van der Waals surface area (Å²) < 4.78 is 0. The summed E-state index contributed by atoms with van der Waals surface area (Å²) in [4.78, 5) is 35.3. The molecule has 3 aliphatic rings. The SMILES string of the molecule is CC(C)N1NCC2=C1C(=O)CC1(CCN(C(=O)c3ccc(-c4ncc[nH]4)cc3)CC1)C2. The largest absolute Gasteiger partial charge is 0.345 e. The number of benzene rings is 1. The van der Waals surface area contributed by atoms with Gasteiger partial charge in [0, 0.05) is 55.6 Å². The molecule has 7 nitrogen and oxygen atoms in total. The number of nitrogens with one attached hydrogen (secondary N) is 2. The van der Waals surface area contributed by atoms with Crippen molar-refractivity contribution in [3.63, 3.8) is 0 Å². The van der Waals surface area contributed by atoms with Crippen LogP contribution >= 0.6 is 0 Å². The Hall–Kier alpha value is -2.93. The number of rotatable bonds is 3. The summed E-state index contributed by atoms with van der Waals surface area (Å²) in [5, 5.41) is 2.04. The van der Waals surface area contributed by atoms with Crippen LogP contribution in [-0.4, -0.2) is 57.2 Å². The highest BCUT2D eigenvalue weighted by atomic mass is 16.2. The first-order valence-corrected chi connectivity index (χ1v) is 11.1. The smallest absolute Gasteiger partial charge is 0.253 e. The van der Waals surface area contributed by atoms with Crippen molar-refractivity contribution < 1.29 is 9.59 Å². The Labute approximate surface area is 182 Å². The van der Waals surface area contributed by atoms with Crippen LogP contribution < -0.4 is 5.43 Å². The zero-order chi connectivity index (χ0) is 21.6. The molecule has 1 aromatic heterocycles. The van der Waals surface area contributed by atoms with Crippen LogP contribution in [0.2, 0.25) is 0 Å². The molecule has 2 aromatic rings. The van der Waals surface area contributed by atoms with E-state index in [1.807, 2.05) is 34.2 Å². The number of ketones is 1. The highest BCUT2D eigenvalue weighted by Gasteiger charge is 2.45. The van der Waals surface area contributed by atoms with Gasteiger partial charge in [-0.25, -0.2) is 10.4 Å². The number of imidazole rings is 1. The second-order valence-corrected chi connectivity index (χ2v) is 9.33. The molecule has 7 heteroatoms. The van der Waals surface area contributed by atoms with Gasteiger partial charge in [-0.15, -0.1) is 0 Å². The van der Waals surface area contributed by atoms with Gasteiger partial charge in [-0.05, 0) is 56.2 Å². The first kappa shape index (κ1) is 20.0. The van der Waals surface area contributed by atoms with E-state index >= 15 is 0 Å². The topological polar surface area (TPSA) is 81.3 Å². The lowest BCUT2D eigenvalue weighted by Gasteiger charge is -2.44. The van der Waals surface area contributed by atoms with Gasteiger partial charge in [0.05, 0.1) is 5.70 Å². The fourth-order valence-electron chi connectivity index (χ4n) is 5.29. The number of hydrogen-bond donors (Lipinski definition) is 2. The molecule has 0 bridgehead atoms. The van der Waals surface area contributed by atoms with Gasteiger partial charge in [0.1, 0.15) is 5.82 Å². The second-order valence-electron chi connectivity index (χ2n) is 9.33. The Balaban J connectivity index is 1.25. The van der Waals surface area contributed by atoms with E-state index in [4.69, 9.17) is 0 Å². The normalized spacial score (nSPS) is 20.7. The van der Waals surface area contributed by atoms with Crippen LogP contribution in [0.4, 0.5) is 0 Å². The fourth-order valence-corrected chi connectivity index (χ4v) is 5.29. The van der Waals surface area contributed by atoms with Crippen LogP contribution in [0.15, 0.2) is 47.9 Å². The zero-order valence-electron chi connectivity index (χ0n) is 18.1. The average molecular weight is 420 g/mol. The molecule has 31 heavy (non-hydrogen) atoms. The van der Waals surface area contributed by atoms with Crippen LogP contribution in [0.3, 0.4) is 0 Å². The number of carbonyl (C=O) groups excluding carboxylic acids is 2. The molecule has 1 fully saturated rings. The molecular formula is C24H29N5O2. The van der Waals surface area contributed by atoms with E-state index in [1.165, 1.54) is 5.57 Å². The minimum absolute atomic E-state index is 0.00447. The molecule has 2 aliphatic heterocycles. The van der Waals surface area contributed by atoms with Crippen LogP contribution in [0.5, 0.6) is 0 Å². The molecule has 0 atom stereocenters. The minimum atomic E-state index is 0.00447. The van der Waals surface area contributed by atoms with Crippen molar-refractivity contribution in [2.75, 3.05) is 19.6 Å². The predicted octanol–water partition coefficient (Wildman–Crippen LogP) is 3.14. The molecule has 1 aromatic carbocycles. The van der Waals surface area contributed by atoms with E-state index in [-0.39, 0.29) is 23.1 Å². The number of carbonyl (C=O) groups is 2. The third-order valence-corrected chi connectivity index (χ3v) is 6.96. The monoisotopic (exact) mass is 419 g/mol. The van der Waals surface area contributed by atoms with Crippen LogP contribution in [0, 0.1) is 5.41 Å². The molecule has 3 heterocycles.